The van der Waals surface area contributed by atoms with Crippen molar-refractivity contribution in [1.29, 1.82) is 0 Å². The number of rotatable bonds is 5. The van der Waals surface area contributed by atoms with Gasteiger partial charge in [-0.3, -0.25) is 4.90 Å². The van der Waals surface area contributed by atoms with Crippen LogP contribution < -0.4 is 5.32 Å². The Hall–Kier alpha value is -2.54. The van der Waals surface area contributed by atoms with E-state index in [9.17, 15) is 18.0 Å². The highest BCUT2D eigenvalue weighted by atomic mass is 19.4. The first-order chi connectivity index (χ1) is 13.4. The lowest BCUT2D eigenvalue weighted by atomic mass is 9.96. The molecule has 2 atom stereocenters. The fourth-order valence-electron chi connectivity index (χ4n) is 3.34. The molecule has 7 heteroatoms. The predicted molar refractivity (Wildman–Crippen MR) is 99.5 cm³/mol. The Morgan fingerprint density at radius 2 is 1.64 bits per heavy atom. The van der Waals surface area contributed by atoms with Crippen molar-refractivity contribution in [2.24, 2.45) is 0 Å². The summed E-state index contributed by atoms with van der Waals surface area (Å²) in [6, 6.07) is 16.2. The number of hydrogen-bond donors (Lipinski definition) is 1. The molecule has 0 spiro atoms. The van der Waals surface area contributed by atoms with Crippen LogP contribution in [0.25, 0.3) is 0 Å². The first-order valence-electron chi connectivity index (χ1n) is 9.25. The highest BCUT2D eigenvalue weighted by Crippen LogP contribution is 2.32. The minimum atomic E-state index is -4.50. The zero-order chi connectivity index (χ0) is 20.0. The van der Waals surface area contributed by atoms with Crippen molar-refractivity contribution < 1.29 is 22.7 Å². The average molecular weight is 392 g/mol. The third-order valence-corrected chi connectivity index (χ3v) is 4.86. The van der Waals surface area contributed by atoms with E-state index in [-0.39, 0.29) is 25.6 Å². The molecule has 1 heterocycles. The van der Waals surface area contributed by atoms with Crippen LogP contribution in [0.5, 0.6) is 0 Å². The van der Waals surface area contributed by atoms with E-state index in [0.717, 1.165) is 16.0 Å². The fraction of sp³-hybridized carbons (Fsp3) is 0.381. The summed E-state index contributed by atoms with van der Waals surface area (Å²) in [6.07, 6.45) is -5.16. The summed E-state index contributed by atoms with van der Waals surface area (Å²) in [4.78, 5) is 13.1. The van der Waals surface area contributed by atoms with E-state index in [1.165, 1.54) is 0 Å². The molecule has 1 aliphatic heterocycles. The molecule has 2 aromatic carbocycles. The molecule has 3 rings (SSSR count). The number of likely N-dealkylation sites (tertiary alicyclic amines) is 1. The van der Waals surface area contributed by atoms with Crippen LogP contribution in [0.3, 0.4) is 0 Å². The third kappa shape index (κ3) is 5.48. The molecule has 0 bridgehead atoms. The Morgan fingerprint density at radius 3 is 2.25 bits per heavy atom. The number of ether oxygens (including phenoxy) is 1. The van der Waals surface area contributed by atoms with Gasteiger partial charge in [-0.05, 0) is 24.0 Å². The van der Waals surface area contributed by atoms with Crippen molar-refractivity contribution in [3.05, 3.63) is 71.8 Å². The van der Waals surface area contributed by atoms with E-state index in [4.69, 9.17) is 4.74 Å². The lowest BCUT2D eigenvalue weighted by Crippen LogP contribution is -2.56. The summed E-state index contributed by atoms with van der Waals surface area (Å²) in [5, 5.41) is 3.18. The number of piperidine rings is 1. The molecule has 1 N–H and O–H groups in total. The van der Waals surface area contributed by atoms with E-state index in [1.54, 1.807) is 24.3 Å². The molecule has 1 aliphatic rings. The van der Waals surface area contributed by atoms with Gasteiger partial charge < -0.3 is 10.1 Å². The van der Waals surface area contributed by atoms with Gasteiger partial charge in [-0.15, -0.1) is 0 Å². The van der Waals surface area contributed by atoms with Gasteiger partial charge in [-0.25, -0.2) is 4.79 Å². The first kappa shape index (κ1) is 20.2. The SMILES string of the molecule is O=C(OCc1ccccc1)N1CC[C@H](NCc2ccccc2)C[C@@H]1C(F)(F)F. The Morgan fingerprint density at radius 1 is 1.04 bits per heavy atom. The summed E-state index contributed by atoms with van der Waals surface area (Å²) >= 11 is 0. The number of carbonyl (C=O) groups is 1. The molecular weight excluding hydrogens is 369 g/mol. The number of alkyl halides is 3. The molecule has 0 unspecified atom stereocenters. The summed E-state index contributed by atoms with van der Waals surface area (Å²) in [7, 11) is 0. The van der Waals surface area contributed by atoms with Crippen molar-refractivity contribution >= 4 is 6.09 Å². The molecule has 0 aromatic heterocycles. The monoisotopic (exact) mass is 392 g/mol. The van der Waals surface area contributed by atoms with Crippen molar-refractivity contribution in [2.45, 2.75) is 44.3 Å². The Balaban J connectivity index is 1.58. The number of nitrogens with one attached hydrogen (secondary N) is 1. The van der Waals surface area contributed by atoms with Crippen molar-refractivity contribution in [2.75, 3.05) is 6.54 Å². The second kappa shape index (κ2) is 9.10. The van der Waals surface area contributed by atoms with Crippen molar-refractivity contribution in [3.8, 4) is 0 Å². The van der Waals surface area contributed by atoms with Crippen LogP contribution in [0.1, 0.15) is 24.0 Å². The molecule has 2 aromatic rings. The Bertz CT molecular complexity index is 753. The molecule has 28 heavy (non-hydrogen) atoms. The number of carbonyl (C=O) groups excluding carboxylic acids is 1. The zero-order valence-electron chi connectivity index (χ0n) is 15.4. The van der Waals surface area contributed by atoms with Crippen LogP contribution in [0, 0.1) is 0 Å². The highest BCUT2D eigenvalue weighted by molar-refractivity contribution is 5.68. The minimum absolute atomic E-state index is 0.00422. The van der Waals surface area contributed by atoms with Crippen LogP contribution >= 0.6 is 0 Å². The molecule has 4 nitrogen and oxygen atoms in total. The van der Waals surface area contributed by atoms with Gasteiger partial charge in [0.05, 0.1) is 0 Å². The number of halogens is 3. The predicted octanol–water partition coefficient (Wildman–Crippen LogP) is 4.51. The van der Waals surface area contributed by atoms with Gasteiger partial charge in [-0.2, -0.15) is 13.2 Å². The minimum Gasteiger partial charge on any atom is -0.445 e. The van der Waals surface area contributed by atoms with Gasteiger partial charge in [0.25, 0.3) is 0 Å². The van der Waals surface area contributed by atoms with Gasteiger partial charge in [0.2, 0.25) is 0 Å². The number of benzene rings is 2. The van der Waals surface area contributed by atoms with Crippen molar-refractivity contribution in [1.82, 2.24) is 10.2 Å². The van der Waals surface area contributed by atoms with Crippen LogP contribution in [-0.4, -0.2) is 35.8 Å². The van der Waals surface area contributed by atoms with Crippen LogP contribution in [0.2, 0.25) is 0 Å². The lowest BCUT2D eigenvalue weighted by Gasteiger charge is -2.39. The van der Waals surface area contributed by atoms with E-state index < -0.39 is 18.3 Å². The number of nitrogens with zero attached hydrogens (tertiary/aromatic N) is 1. The van der Waals surface area contributed by atoms with Gasteiger partial charge in [0, 0.05) is 19.1 Å². The van der Waals surface area contributed by atoms with Crippen LogP contribution in [0.15, 0.2) is 60.7 Å². The maximum absolute atomic E-state index is 13.6. The van der Waals surface area contributed by atoms with Gasteiger partial charge in [-0.1, -0.05) is 60.7 Å². The van der Waals surface area contributed by atoms with Crippen LogP contribution in [0.4, 0.5) is 18.0 Å². The molecule has 1 saturated heterocycles. The summed E-state index contributed by atoms with van der Waals surface area (Å²) in [5.74, 6) is 0. The maximum Gasteiger partial charge on any atom is 0.410 e. The van der Waals surface area contributed by atoms with Crippen LogP contribution in [-0.2, 0) is 17.9 Å². The molecule has 150 valence electrons. The largest absolute Gasteiger partial charge is 0.445 e. The van der Waals surface area contributed by atoms with E-state index in [2.05, 4.69) is 5.32 Å². The molecule has 0 aliphatic carbocycles. The normalized spacial score (nSPS) is 20.0. The van der Waals surface area contributed by atoms with Gasteiger partial charge >= 0.3 is 12.3 Å². The maximum atomic E-state index is 13.6. The topological polar surface area (TPSA) is 41.6 Å². The summed E-state index contributed by atoms with van der Waals surface area (Å²) in [6.45, 7) is 0.454. The van der Waals surface area contributed by atoms with E-state index in [1.807, 2.05) is 36.4 Å². The average Bonchev–Trinajstić information content (AvgIpc) is 2.71. The van der Waals surface area contributed by atoms with E-state index >= 15 is 0 Å². The smallest absolute Gasteiger partial charge is 0.410 e. The fourth-order valence-corrected chi connectivity index (χ4v) is 3.34. The number of amides is 1. The van der Waals surface area contributed by atoms with E-state index in [0.29, 0.717) is 13.0 Å². The molecule has 1 fully saturated rings. The van der Waals surface area contributed by atoms with Gasteiger partial charge in [0.15, 0.2) is 0 Å². The Kier molecular flexibility index (Phi) is 6.57. The summed E-state index contributed by atoms with van der Waals surface area (Å²) < 4.78 is 45.8. The first-order valence-corrected chi connectivity index (χ1v) is 9.25. The lowest BCUT2D eigenvalue weighted by molar-refractivity contribution is -0.188. The standard InChI is InChI=1S/C21H23F3N2O2/c22-21(23,24)19-13-18(25-14-16-7-3-1-4-8-16)11-12-26(19)20(27)28-15-17-9-5-2-6-10-17/h1-10,18-19,25H,11-15H2/t18-,19+/m0/s1. The second-order valence-electron chi connectivity index (χ2n) is 6.88. The number of hydrogen-bond acceptors (Lipinski definition) is 3. The quantitative estimate of drug-likeness (QED) is 0.814. The molecule has 0 saturated carbocycles. The summed E-state index contributed by atoms with van der Waals surface area (Å²) in [5.41, 5.74) is 1.74. The molecule has 1 amide bonds. The van der Waals surface area contributed by atoms with Gasteiger partial charge in [0.1, 0.15) is 12.6 Å². The molecular formula is C21H23F3N2O2. The second-order valence-corrected chi connectivity index (χ2v) is 6.88. The Labute approximate surface area is 162 Å². The molecule has 0 radical (unpaired) electrons. The highest BCUT2D eigenvalue weighted by Gasteiger charge is 2.49. The third-order valence-electron chi connectivity index (χ3n) is 4.86. The van der Waals surface area contributed by atoms with Crippen molar-refractivity contribution in [3.63, 3.8) is 0 Å². The zero-order valence-corrected chi connectivity index (χ0v) is 15.4.